The summed E-state index contributed by atoms with van der Waals surface area (Å²) in [7, 11) is 0. The quantitative estimate of drug-likeness (QED) is 0.570. The summed E-state index contributed by atoms with van der Waals surface area (Å²) in [6, 6.07) is 7.88. The number of aromatic nitrogens is 6. The molecule has 0 bridgehead atoms. The normalized spacial score (nSPS) is 17.2. The topological polar surface area (TPSA) is 145 Å². The maximum absolute atomic E-state index is 13.5. The molecule has 1 aliphatic rings. The number of nitriles is 1. The molecule has 13 heteroatoms. The van der Waals surface area contributed by atoms with Crippen LogP contribution in [0.15, 0.2) is 36.7 Å². The van der Waals surface area contributed by atoms with Crippen molar-refractivity contribution in [3.05, 3.63) is 47.8 Å². The maximum atomic E-state index is 13.5. The van der Waals surface area contributed by atoms with E-state index in [1.165, 1.54) is 12.4 Å². The lowest BCUT2D eigenvalue weighted by molar-refractivity contribution is -0.131. The van der Waals surface area contributed by atoms with E-state index in [2.05, 4.69) is 31.0 Å². The number of alkyl halides is 2. The van der Waals surface area contributed by atoms with E-state index in [1.807, 2.05) is 24.3 Å². The second-order valence-electron chi connectivity index (χ2n) is 7.27. The Morgan fingerprint density at radius 3 is 2.78 bits per heavy atom. The molecule has 0 spiro atoms. The van der Waals surface area contributed by atoms with E-state index in [1.54, 1.807) is 10.8 Å². The van der Waals surface area contributed by atoms with Gasteiger partial charge in [0.1, 0.15) is 6.04 Å². The first-order valence-corrected chi connectivity index (χ1v) is 9.55. The van der Waals surface area contributed by atoms with Gasteiger partial charge in [-0.2, -0.15) is 15.6 Å². The number of tetrazole rings is 1. The summed E-state index contributed by atoms with van der Waals surface area (Å²) in [4.78, 5) is 25.3. The molecule has 3 heterocycles. The molecule has 0 saturated carbocycles. The molecule has 2 N–H and O–H groups in total. The number of halogens is 2. The predicted octanol–water partition coefficient (Wildman–Crippen LogP) is 0.601. The van der Waals surface area contributed by atoms with E-state index in [9.17, 15) is 18.4 Å². The number of hydrogen-bond donors (Lipinski definition) is 2. The van der Waals surface area contributed by atoms with Crippen molar-refractivity contribution < 1.29 is 18.4 Å². The van der Waals surface area contributed by atoms with E-state index in [4.69, 9.17) is 5.26 Å². The summed E-state index contributed by atoms with van der Waals surface area (Å²) in [5.74, 6) is -3.94. The van der Waals surface area contributed by atoms with Crippen LogP contribution in [0, 0.1) is 11.3 Å². The Hall–Kier alpha value is -4.21. The van der Waals surface area contributed by atoms with E-state index in [-0.39, 0.29) is 5.56 Å². The number of benzene rings is 1. The average Bonchev–Trinajstić information content (AvgIpc) is 3.52. The highest BCUT2D eigenvalue weighted by atomic mass is 19.3. The first kappa shape index (κ1) is 21.0. The monoisotopic (exact) mass is 441 g/mol. The lowest BCUT2D eigenvalue weighted by Crippen LogP contribution is -2.42. The highest BCUT2D eigenvalue weighted by Gasteiger charge is 2.47. The second kappa shape index (κ2) is 8.50. The highest BCUT2D eigenvalue weighted by molar-refractivity contribution is 5.96. The molecule has 1 aromatic carbocycles. The van der Waals surface area contributed by atoms with E-state index in [0.717, 1.165) is 16.0 Å². The molecule has 32 heavy (non-hydrogen) atoms. The molecule has 4 rings (SSSR count). The molecule has 1 saturated heterocycles. The zero-order valence-corrected chi connectivity index (χ0v) is 16.6. The van der Waals surface area contributed by atoms with Crippen molar-refractivity contribution in [1.82, 2.24) is 40.6 Å². The fourth-order valence-electron chi connectivity index (χ4n) is 3.35. The molecule has 1 fully saturated rings. The van der Waals surface area contributed by atoms with Gasteiger partial charge in [0.2, 0.25) is 11.7 Å². The van der Waals surface area contributed by atoms with Crippen LogP contribution < -0.4 is 5.32 Å². The van der Waals surface area contributed by atoms with Crippen LogP contribution in [0.25, 0.3) is 11.4 Å². The number of carbonyl (C=O) groups excluding carboxylic acids is 2. The zero-order chi connectivity index (χ0) is 22.7. The summed E-state index contributed by atoms with van der Waals surface area (Å²) in [5, 5.41) is 29.2. The lowest BCUT2D eigenvalue weighted by atomic mass is 10.1. The number of rotatable bonds is 6. The van der Waals surface area contributed by atoms with Gasteiger partial charge in [-0.1, -0.05) is 24.3 Å². The number of H-pyrrole nitrogens is 1. The minimum atomic E-state index is -3.11. The van der Waals surface area contributed by atoms with Crippen molar-refractivity contribution >= 4 is 11.8 Å². The minimum absolute atomic E-state index is 0.213. The summed E-state index contributed by atoms with van der Waals surface area (Å²) in [5.41, 5.74) is 1.92. The van der Waals surface area contributed by atoms with E-state index >= 15 is 0 Å². The summed E-state index contributed by atoms with van der Waals surface area (Å²) in [6.07, 6.45) is 2.15. The number of nitrogens with zero attached hydrogens (tertiary/aromatic N) is 7. The second-order valence-corrected chi connectivity index (χ2v) is 7.27. The Morgan fingerprint density at radius 2 is 2.09 bits per heavy atom. The molecule has 1 atom stereocenters. The molecule has 2 aromatic heterocycles. The number of carbonyl (C=O) groups is 2. The fraction of sp³-hybridized carbons (Fsp3) is 0.316. The van der Waals surface area contributed by atoms with Gasteiger partial charge in [0.05, 0.1) is 37.5 Å². The van der Waals surface area contributed by atoms with Crippen molar-refractivity contribution in [3.8, 4) is 17.5 Å². The molecule has 11 nitrogen and oxygen atoms in total. The maximum Gasteiger partial charge on any atom is 0.268 e. The molecule has 0 aliphatic carbocycles. The van der Waals surface area contributed by atoms with Gasteiger partial charge in [0.25, 0.3) is 11.8 Å². The van der Waals surface area contributed by atoms with E-state index < -0.39 is 43.3 Å². The lowest BCUT2D eigenvalue weighted by Gasteiger charge is -2.19. The average molecular weight is 441 g/mol. The van der Waals surface area contributed by atoms with Crippen molar-refractivity contribution in [3.63, 3.8) is 0 Å². The molecule has 3 aromatic rings. The third-order valence-corrected chi connectivity index (χ3v) is 4.94. The largest absolute Gasteiger partial charge is 0.343 e. The third kappa shape index (κ3) is 4.59. The summed E-state index contributed by atoms with van der Waals surface area (Å²) in [6.45, 7) is -0.926. The highest BCUT2D eigenvalue weighted by Crippen LogP contribution is 2.31. The Balaban J connectivity index is 1.32. The summed E-state index contributed by atoms with van der Waals surface area (Å²) < 4.78 is 28.5. The molecule has 0 unspecified atom stereocenters. The molecule has 1 aliphatic heterocycles. The first-order valence-electron chi connectivity index (χ1n) is 9.55. The molecule has 2 amide bonds. The Labute approximate surface area is 180 Å². The first-order chi connectivity index (χ1) is 15.3. The number of nitrogens with one attached hydrogen (secondary N) is 2. The smallest absolute Gasteiger partial charge is 0.268 e. The van der Waals surface area contributed by atoms with Crippen molar-refractivity contribution in [2.75, 3.05) is 13.1 Å². The van der Waals surface area contributed by atoms with Crippen LogP contribution in [0.3, 0.4) is 0 Å². The van der Waals surface area contributed by atoms with Gasteiger partial charge < -0.3 is 10.2 Å². The van der Waals surface area contributed by atoms with Crippen molar-refractivity contribution in [2.45, 2.75) is 24.9 Å². The van der Waals surface area contributed by atoms with Crippen LogP contribution in [0.4, 0.5) is 8.78 Å². The van der Waals surface area contributed by atoms with Crippen LogP contribution in [0.2, 0.25) is 0 Å². The predicted molar refractivity (Wildman–Crippen MR) is 104 cm³/mol. The van der Waals surface area contributed by atoms with Gasteiger partial charge in [-0.25, -0.2) is 8.78 Å². The van der Waals surface area contributed by atoms with Gasteiger partial charge >= 0.3 is 0 Å². The zero-order valence-electron chi connectivity index (χ0n) is 16.6. The Kier molecular flexibility index (Phi) is 5.59. The summed E-state index contributed by atoms with van der Waals surface area (Å²) >= 11 is 0. The van der Waals surface area contributed by atoms with Gasteiger partial charge in [-0.3, -0.25) is 14.3 Å². The third-order valence-electron chi connectivity index (χ3n) is 4.94. The van der Waals surface area contributed by atoms with Crippen LogP contribution in [-0.4, -0.2) is 72.2 Å². The Morgan fingerprint density at radius 1 is 1.31 bits per heavy atom. The van der Waals surface area contributed by atoms with Crippen molar-refractivity contribution in [2.24, 2.45) is 0 Å². The van der Waals surface area contributed by atoms with E-state index in [0.29, 0.717) is 12.4 Å². The number of amides is 2. The molecule has 0 radical (unpaired) electrons. The Bertz CT molecular complexity index is 1150. The fourth-order valence-corrected chi connectivity index (χ4v) is 3.35. The van der Waals surface area contributed by atoms with Crippen molar-refractivity contribution in [1.29, 1.82) is 5.26 Å². The minimum Gasteiger partial charge on any atom is -0.343 e. The van der Waals surface area contributed by atoms with Gasteiger partial charge in [-0.15, -0.1) is 10.2 Å². The molecular weight excluding hydrogens is 424 g/mol. The van der Waals surface area contributed by atoms with Gasteiger partial charge in [-0.05, 0) is 10.8 Å². The molecule has 164 valence electrons. The standard InChI is InChI=1S/C19H17F2N9O2/c20-19(21)5-15(6-22)30(11-19)16(31)8-23-18(32)14-7-24-29(10-14)9-12-1-3-13(4-2-12)17-25-27-28-26-17/h1-4,7,10,15H,5,8-9,11H2,(H,23,32)(H,25,26,27,28)/t15-/m0/s1. The SMILES string of the molecule is N#C[C@@H]1CC(F)(F)CN1C(=O)CNC(=O)c1cnn(Cc2ccc(-c3nn[nH]n3)cc2)c1. The van der Waals surface area contributed by atoms with Gasteiger partial charge in [0, 0.05) is 18.2 Å². The van der Waals surface area contributed by atoms with Crippen LogP contribution in [0.5, 0.6) is 0 Å². The molecular formula is C19H17F2N9O2. The van der Waals surface area contributed by atoms with Crippen LogP contribution >= 0.6 is 0 Å². The van der Waals surface area contributed by atoms with Gasteiger partial charge in [0.15, 0.2) is 0 Å². The van der Waals surface area contributed by atoms with Crippen LogP contribution in [0.1, 0.15) is 22.3 Å². The number of hydrogen-bond acceptors (Lipinski definition) is 7. The van der Waals surface area contributed by atoms with Crippen LogP contribution in [-0.2, 0) is 11.3 Å². The number of aromatic amines is 1. The number of likely N-dealkylation sites (tertiary alicyclic amines) is 1.